The van der Waals surface area contributed by atoms with Crippen LogP contribution in [0.1, 0.15) is 36.9 Å². The van der Waals surface area contributed by atoms with Crippen LogP contribution in [0, 0.1) is 0 Å². The van der Waals surface area contributed by atoms with Crippen molar-refractivity contribution >= 4 is 17.3 Å². The zero-order valence-corrected chi connectivity index (χ0v) is 19.6. The molecule has 0 saturated carbocycles. The normalized spacial score (nSPS) is 18.2. The van der Waals surface area contributed by atoms with Crippen LogP contribution in [0.15, 0.2) is 65.2 Å². The minimum atomic E-state index is -0.0672. The molecule has 2 atom stereocenters. The minimum Gasteiger partial charge on any atom is -0.494 e. The fourth-order valence-electron chi connectivity index (χ4n) is 4.06. The summed E-state index contributed by atoms with van der Waals surface area (Å²) in [5, 5.41) is 4.22. The molecule has 168 valence electrons. The van der Waals surface area contributed by atoms with Gasteiger partial charge in [-0.2, -0.15) is 0 Å². The lowest BCUT2D eigenvalue weighted by atomic mass is 10.0. The van der Waals surface area contributed by atoms with Gasteiger partial charge in [0.25, 0.3) is 0 Å². The lowest BCUT2D eigenvalue weighted by Gasteiger charge is -2.26. The van der Waals surface area contributed by atoms with E-state index < -0.39 is 0 Å². The molecular formula is C25H30N4O2S. The number of aromatic nitrogens is 1. The zero-order valence-electron chi connectivity index (χ0n) is 18.8. The number of thiocarbonyl (C=S) groups is 1. The van der Waals surface area contributed by atoms with E-state index in [1.807, 2.05) is 61.7 Å². The van der Waals surface area contributed by atoms with Crippen LogP contribution >= 0.6 is 12.2 Å². The standard InChI is InChI=1S/C25H30N4O2S/c1-4-30-19-11-9-18(10-12-19)21-13-14-22(31-21)24-23(20-8-5-6-15-26-20)27-25(32)29(24)17-7-16-28(2)3/h5-6,8-15,23-24H,4,7,16-17H2,1-3H3,(H,27,32). The van der Waals surface area contributed by atoms with Crippen molar-refractivity contribution in [3.8, 4) is 17.1 Å². The Morgan fingerprint density at radius 2 is 1.94 bits per heavy atom. The first-order chi connectivity index (χ1) is 15.6. The first-order valence-corrected chi connectivity index (χ1v) is 11.4. The Labute approximate surface area is 195 Å². The molecule has 3 heterocycles. The van der Waals surface area contributed by atoms with Crippen molar-refractivity contribution in [1.29, 1.82) is 0 Å². The van der Waals surface area contributed by atoms with Crippen LogP contribution in [0.3, 0.4) is 0 Å². The fourth-order valence-corrected chi connectivity index (χ4v) is 4.39. The molecule has 0 bridgehead atoms. The molecule has 6 nitrogen and oxygen atoms in total. The lowest BCUT2D eigenvalue weighted by molar-refractivity contribution is 0.261. The molecule has 1 aliphatic rings. The molecule has 1 N–H and O–H groups in total. The van der Waals surface area contributed by atoms with Crippen LogP contribution in [0.25, 0.3) is 11.3 Å². The second-order valence-electron chi connectivity index (χ2n) is 8.14. The molecule has 2 aromatic heterocycles. The second-order valence-corrected chi connectivity index (χ2v) is 8.52. The predicted octanol–water partition coefficient (Wildman–Crippen LogP) is 4.66. The topological polar surface area (TPSA) is 53.8 Å². The fraction of sp³-hybridized carbons (Fsp3) is 0.360. The van der Waals surface area contributed by atoms with E-state index in [4.69, 9.17) is 21.4 Å². The summed E-state index contributed by atoms with van der Waals surface area (Å²) in [6.45, 7) is 4.47. The first-order valence-electron chi connectivity index (χ1n) is 11.0. The van der Waals surface area contributed by atoms with Crippen LogP contribution in [0.4, 0.5) is 0 Å². The van der Waals surface area contributed by atoms with Gasteiger partial charge in [-0.05, 0) is 94.7 Å². The van der Waals surface area contributed by atoms with Crippen molar-refractivity contribution in [2.75, 3.05) is 33.8 Å². The van der Waals surface area contributed by atoms with E-state index in [-0.39, 0.29) is 12.1 Å². The minimum absolute atomic E-state index is 0.0592. The second kappa shape index (κ2) is 10.1. The average molecular weight is 451 g/mol. The van der Waals surface area contributed by atoms with Crippen molar-refractivity contribution in [3.63, 3.8) is 0 Å². The zero-order chi connectivity index (χ0) is 22.5. The van der Waals surface area contributed by atoms with Gasteiger partial charge >= 0.3 is 0 Å². The highest BCUT2D eigenvalue weighted by Gasteiger charge is 2.41. The quantitative estimate of drug-likeness (QED) is 0.476. The van der Waals surface area contributed by atoms with Crippen molar-refractivity contribution < 1.29 is 9.15 Å². The predicted molar refractivity (Wildman–Crippen MR) is 131 cm³/mol. The average Bonchev–Trinajstić information content (AvgIpc) is 3.40. The maximum atomic E-state index is 6.39. The molecule has 1 saturated heterocycles. The molecular weight excluding hydrogens is 420 g/mol. The van der Waals surface area contributed by atoms with Gasteiger partial charge < -0.3 is 24.3 Å². The number of hydrogen-bond acceptors (Lipinski definition) is 5. The number of furan rings is 1. The Hall–Kier alpha value is -2.90. The van der Waals surface area contributed by atoms with Gasteiger partial charge in [-0.1, -0.05) is 6.07 Å². The molecule has 1 aromatic carbocycles. The van der Waals surface area contributed by atoms with Crippen molar-refractivity contribution in [3.05, 3.63) is 72.2 Å². The van der Waals surface area contributed by atoms with Gasteiger partial charge in [0.15, 0.2) is 5.11 Å². The summed E-state index contributed by atoms with van der Waals surface area (Å²) in [7, 11) is 4.18. The summed E-state index contributed by atoms with van der Waals surface area (Å²) < 4.78 is 11.9. The van der Waals surface area contributed by atoms with Crippen LogP contribution in [-0.2, 0) is 0 Å². The molecule has 0 spiro atoms. The Morgan fingerprint density at radius 3 is 2.62 bits per heavy atom. The molecule has 0 amide bonds. The van der Waals surface area contributed by atoms with Gasteiger partial charge in [-0.3, -0.25) is 4.98 Å². The monoisotopic (exact) mass is 450 g/mol. The molecule has 3 aromatic rings. The maximum Gasteiger partial charge on any atom is 0.170 e. The summed E-state index contributed by atoms with van der Waals surface area (Å²) in [6, 6.07) is 17.9. The van der Waals surface area contributed by atoms with Gasteiger partial charge in [-0.15, -0.1) is 0 Å². The van der Waals surface area contributed by atoms with E-state index in [1.165, 1.54) is 0 Å². The third-order valence-electron chi connectivity index (χ3n) is 5.57. The number of nitrogens with zero attached hydrogens (tertiary/aromatic N) is 3. The van der Waals surface area contributed by atoms with E-state index in [0.29, 0.717) is 6.61 Å². The van der Waals surface area contributed by atoms with Crippen LogP contribution in [0.2, 0.25) is 0 Å². The Bertz CT molecular complexity index is 1020. The smallest absolute Gasteiger partial charge is 0.170 e. The SMILES string of the molecule is CCOc1ccc(-c2ccc(C3C(c4ccccn4)NC(=S)N3CCCN(C)C)o2)cc1. The molecule has 0 radical (unpaired) electrons. The molecule has 2 unspecified atom stereocenters. The van der Waals surface area contributed by atoms with Gasteiger partial charge in [0, 0.05) is 18.3 Å². The largest absolute Gasteiger partial charge is 0.494 e. The van der Waals surface area contributed by atoms with Crippen molar-refractivity contribution in [2.24, 2.45) is 0 Å². The van der Waals surface area contributed by atoms with E-state index in [1.54, 1.807) is 0 Å². The number of hydrogen-bond donors (Lipinski definition) is 1. The molecule has 1 aliphatic heterocycles. The molecule has 0 aliphatic carbocycles. The maximum absolute atomic E-state index is 6.39. The Morgan fingerprint density at radius 1 is 1.12 bits per heavy atom. The van der Waals surface area contributed by atoms with Gasteiger partial charge in [-0.25, -0.2) is 0 Å². The highest BCUT2D eigenvalue weighted by molar-refractivity contribution is 7.80. The highest BCUT2D eigenvalue weighted by atomic mass is 32.1. The van der Waals surface area contributed by atoms with Crippen LogP contribution < -0.4 is 10.1 Å². The molecule has 1 fully saturated rings. The van der Waals surface area contributed by atoms with Gasteiger partial charge in [0.1, 0.15) is 23.3 Å². The van der Waals surface area contributed by atoms with E-state index in [9.17, 15) is 0 Å². The summed E-state index contributed by atoms with van der Waals surface area (Å²) in [5.74, 6) is 2.56. The summed E-state index contributed by atoms with van der Waals surface area (Å²) in [4.78, 5) is 9.02. The first kappa shape index (κ1) is 22.3. The Balaban J connectivity index is 1.62. The van der Waals surface area contributed by atoms with E-state index in [2.05, 4.69) is 40.3 Å². The van der Waals surface area contributed by atoms with Crippen LogP contribution in [0.5, 0.6) is 5.75 Å². The van der Waals surface area contributed by atoms with E-state index >= 15 is 0 Å². The number of ether oxygens (including phenoxy) is 1. The van der Waals surface area contributed by atoms with Gasteiger partial charge in [0.05, 0.1) is 18.3 Å². The highest BCUT2D eigenvalue weighted by Crippen LogP contribution is 2.40. The molecule has 4 rings (SSSR count). The molecule has 32 heavy (non-hydrogen) atoms. The summed E-state index contributed by atoms with van der Waals surface area (Å²) >= 11 is 5.73. The van der Waals surface area contributed by atoms with Crippen molar-refractivity contribution in [2.45, 2.75) is 25.4 Å². The van der Waals surface area contributed by atoms with Crippen molar-refractivity contribution in [1.82, 2.24) is 20.1 Å². The number of benzene rings is 1. The number of pyridine rings is 1. The number of nitrogens with one attached hydrogen (secondary N) is 1. The third kappa shape index (κ3) is 4.95. The lowest BCUT2D eigenvalue weighted by Crippen LogP contribution is -2.32. The van der Waals surface area contributed by atoms with Crippen LogP contribution in [-0.4, -0.2) is 53.7 Å². The summed E-state index contributed by atoms with van der Waals surface area (Å²) in [5.41, 5.74) is 1.97. The summed E-state index contributed by atoms with van der Waals surface area (Å²) in [6.07, 6.45) is 2.83. The van der Waals surface area contributed by atoms with Gasteiger partial charge in [0.2, 0.25) is 0 Å². The number of rotatable bonds is 9. The third-order valence-corrected chi connectivity index (χ3v) is 5.92. The molecule has 7 heteroatoms. The Kier molecular flexibility index (Phi) is 7.07. The van der Waals surface area contributed by atoms with E-state index in [0.717, 1.165) is 53.2 Å².